The molecule has 0 aromatic carbocycles. The van der Waals surface area contributed by atoms with Gasteiger partial charge in [-0.15, -0.1) is 0 Å². The zero-order valence-electron chi connectivity index (χ0n) is 7.55. The van der Waals surface area contributed by atoms with Crippen LogP contribution < -0.4 is 5.73 Å². The second-order valence-corrected chi connectivity index (χ2v) is 2.79. The van der Waals surface area contributed by atoms with Crippen molar-refractivity contribution in [3.63, 3.8) is 0 Å². The maximum atomic E-state index is 10.6. The number of hydrogen-bond acceptors (Lipinski definition) is 1. The molecule has 2 heteroatoms. The molecule has 0 saturated heterocycles. The van der Waals surface area contributed by atoms with E-state index < -0.39 is 0 Å². The molecule has 64 valence electrons. The average molecular weight is 155 g/mol. The molecule has 2 nitrogen and oxygen atoms in total. The van der Waals surface area contributed by atoms with Crippen LogP contribution in [0.3, 0.4) is 0 Å². The molecule has 0 aliphatic carbocycles. The van der Waals surface area contributed by atoms with Crippen molar-refractivity contribution in [1.82, 2.24) is 0 Å². The second kappa shape index (κ2) is 4.94. The highest BCUT2D eigenvalue weighted by molar-refractivity contribution is 5.91. The molecule has 0 aromatic heterocycles. The van der Waals surface area contributed by atoms with Gasteiger partial charge in [-0.2, -0.15) is 0 Å². The number of carbonyl (C=O) groups is 1. The molecule has 0 heterocycles. The summed E-state index contributed by atoms with van der Waals surface area (Å²) >= 11 is 0. The van der Waals surface area contributed by atoms with E-state index >= 15 is 0 Å². The highest BCUT2D eigenvalue weighted by Gasteiger charge is 2.02. The Bertz CT molecular complexity index is 157. The molecule has 1 amide bonds. The first kappa shape index (κ1) is 10.2. The molecule has 11 heavy (non-hydrogen) atoms. The molecular formula is C9H17NO. The van der Waals surface area contributed by atoms with Gasteiger partial charge in [0, 0.05) is 5.57 Å². The summed E-state index contributed by atoms with van der Waals surface area (Å²) in [5, 5.41) is 0. The number of carbonyl (C=O) groups excluding carboxylic acids is 1. The first-order valence-corrected chi connectivity index (χ1v) is 4.10. The third-order valence-corrected chi connectivity index (χ3v) is 1.92. The smallest absolute Gasteiger partial charge is 0.244 e. The zero-order valence-corrected chi connectivity index (χ0v) is 7.55. The molecule has 0 atom stereocenters. The van der Waals surface area contributed by atoms with Gasteiger partial charge in [0.25, 0.3) is 0 Å². The molecule has 0 fully saturated rings. The number of hydrogen-bond donors (Lipinski definition) is 1. The van der Waals surface area contributed by atoms with Crippen LogP contribution in [0.2, 0.25) is 0 Å². The van der Waals surface area contributed by atoms with Gasteiger partial charge in [-0.3, -0.25) is 4.79 Å². The Morgan fingerprint density at radius 1 is 1.45 bits per heavy atom. The predicted molar refractivity (Wildman–Crippen MR) is 47.0 cm³/mol. The first-order chi connectivity index (χ1) is 5.11. The highest BCUT2D eigenvalue weighted by Crippen LogP contribution is 2.11. The van der Waals surface area contributed by atoms with Gasteiger partial charge < -0.3 is 5.73 Å². The summed E-state index contributed by atoms with van der Waals surface area (Å²) in [6, 6.07) is 0. The fourth-order valence-corrected chi connectivity index (χ4v) is 0.960. The Balaban J connectivity index is 4.14. The first-order valence-electron chi connectivity index (χ1n) is 4.10. The second-order valence-electron chi connectivity index (χ2n) is 2.79. The van der Waals surface area contributed by atoms with Crippen molar-refractivity contribution in [2.24, 2.45) is 11.7 Å². The Morgan fingerprint density at radius 3 is 2.18 bits per heavy atom. The summed E-state index contributed by atoms with van der Waals surface area (Å²) in [5.74, 6) is 0.194. The third kappa shape index (κ3) is 3.81. The van der Waals surface area contributed by atoms with E-state index in [4.69, 9.17) is 5.73 Å². The van der Waals surface area contributed by atoms with Gasteiger partial charge in [0.05, 0.1) is 0 Å². The lowest BCUT2D eigenvalue weighted by molar-refractivity contribution is -0.114. The van der Waals surface area contributed by atoms with E-state index in [2.05, 4.69) is 13.8 Å². The lowest BCUT2D eigenvalue weighted by atomic mass is 10.0. The monoisotopic (exact) mass is 155 g/mol. The van der Waals surface area contributed by atoms with Crippen LogP contribution >= 0.6 is 0 Å². The van der Waals surface area contributed by atoms with Crippen LogP contribution in [0.5, 0.6) is 0 Å². The third-order valence-electron chi connectivity index (χ3n) is 1.92. The molecule has 0 spiro atoms. The molecule has 0 rings (SSSR count). The minimum Gasteiger partial charge on any atom is -0.366 e. The molecular weight excluding hydrogens is 138 g/mol. The van der Waals surface area contributed by atoms with Crippen LogP contribution in [-0.4, -0.2) is 5.91 Å². The van der Waals surface area contributed by atoms with E-state index in [1.54, 1.807) is 6.92 Å². The van der Waals surface area contributed by atoms with E-state index in [9.17, 15) is 4.79 Å². The normalized spacial score (nSPS) is 12.2. The maximum absolute atomic E-state index is 10.6. The molecule has 0 aliphatic heterocycles. The van der Waals surface area contributed by atoms with Crippen molar-refractivity contribution in [2.45, 2.75) is 33.6 Å². The van der Waals surface area contributed by atoms with Gasteiger partial charge in [-0.1, -0.05) is 19.9 Å². The van der Waals surface area contributed by atoms with Crippen LogP contribution in [0, 0.1) is 5.92 Å². The summed E-state index contributed by atoms with van der Waals surface area (Å²) in [6.07, 6.45) is 4.10. The molecule has 0 bridgehead atoms. The number of nitrogens with two attached hydrogens (primary N) is 1. The fourth-order valence-electron chi connectivity index (χ4n) is 0.960. The van der Waals surface area contributed by atoms with Crippen molar-refractivity contribution >= 4 is 5.91 Å². The SMILES string of the molecule is CCC(C=C(C)C(N)=O)CC. The Hall–Kier alpha value is -0.790. The van der Waals surface area contributed by atoms with Crippen molar-refractivity contribution in [3.05, 3.63) is 11.6 Å². The van der Waals surface area contributed by atoms with Gasteiger partial charge >= 0.3 is 0 Å². The zero-order chi connectivity index (χ0) is 8.85. The topological polar surface area (TPSA) is 43.1 Å². The minimum atomic E-state index is -0.308. The lowest BCUT2D eigenvalue weighted by Crippen LogP contribution is -2.12. The Labute approximate surface area is 68.5 Å². The van der Waals surface area contributed by atoms with Gasteiger partial charge in [-0.25, -0.2) is 0 Å². The van der Waals surface area contributed by atoms with Crippen molar-refractivity contribution in [2.75, 3.05) is 0 Å². The van der Waals surface area contributed by atoms with Crippen LogP contribution in [0.4, 0.5) is 0 Å². The minimum absolute atomic E-state index is 0.308. The molecule has 0 aromatic rings. The summed E-state index contributed by atoms with van der Waals surface area (Å²) in [5.41, 5.74) is 5.77. The number of primary amides is 1. The maximum Gasteiger partial charge on any atom is 0.244 e. The molecule has 0 saturated carbocycles. The summed E-state index contributed by atoms with van der Waals surface area (Å²) in [4.78, 5) is 10.6. The highest BCUT2D eigenvalue weighted by atomic mass is 16.1. The van der Waals surface area contributed by atoms with Crippen molar-refractivity contribution in [3.8, 4) is 0 Å². The van der Waals surface area contributed by atoms with Crippen LogP contribution in [-0.2, 0) is 4.79 Å². The predicted octanol–water partition coefficient (Wildman–Crippen LogP) is 1.85. The Morgan fingerprint density at radius 2 is 1.91 bits per heavy atom. The van der Waals surface area contributed by atoms with Gasteiger partial charge in [0.2, 0.25) is 5.91 Å². The quantitative estimate of drug-likeness (QED) is 0.618. The van der Waals surface area contributed by atoms with Crippen molar-refractivity contribution < 1.29 is 4.79 Å². The van der Waals surface area contributed by atoms with E-state index in [0.717, 1.165) is 12.8 Å². The van der Waals surface area contributed by atoms with E-state index in [0.29, 0.717) is 11.5 Å². The van der Waals surface area contributed by atoms with Crippen LogP contribution in [0.1, 0.15) is 33.6 Å². The summed E-state index contributed by atoms with van der Waals surface area (Å²) in [7, 11) is 0. The van der Waals surface area contributed by atoms with Crippen molar-refractivity contribution in [1.29, 1.82) is 0 Å². The van der Waals surface area contributed by atoms with E-state index in [1.807, 2.05) is 6.08 Å². The number of amides is 1. The molecule has 2 N–H and O–H groups in total. The van der Waals surface area contributed by atoms with E-state index in [1.165, 1.54) is 0 Å². The molecule has 0 aliphatic rings. The van der Waals surface area contributed by atoms with Crippen LogP contribution in [0.15, 0.2) is 11.6 Å². The molecule has 0 unspecified atom stereocenters. The van der Waals surface area contributed by atoms with Gasteiger partial charge in [-0.05, 0) is 25.7 Å². The average Bonchev–Trinajstić information content (AvgIpc) is 1.99. The number of allylic oxidation sites excluding steroid dienone is 1. The summed E-state index contributed by atoms with van der Waals surface area (Å²) < 4.78 is 0. The fraction of sp³-hybridized carbons (Fsp3) is 0.667. The number of rotatable bonds is 4. The lowest BCUT2D eigenvalue weighted by Gasteiger charge is -2.06. The van der Waals surface area contributed by atoms with E-state index in [-0.39, 0.29) is 5.91 Å². The van der Waals surface area contributed by atoms with Crippen LogP contribution in [0.25, 0.3) is 0 Å². The largest absolute Gasteiger partial charge is 0.366 e. The van der Waals surface area contributed by atoms with Gasteiger partial charge in [0.1, 0.15) is 0 Å². The Kier molecular flexibility index (Phi) is 4.59. The summed E-state index contributed by atoms with van der Waals surface area (Å²) in [6.45, 7) is 5.98. The van der Waals surface area contributed by atoms with Gasteiger partial charge in [0.15, 0.2) is 0 Å². The standard InChI is InChI=1S/C9H17NO/c1-4-8(5-2)6-7(3)9(10)11/h6,8H,4-5H2,1-3H3,(H2,10,11). The molecule has 0 radical (unpaired) electrons.